The second kappa shape index (κ2) is 4.24. The Hall–Kier alpha value is -2.62. The Morgan fingerprint density at radius 1 is 1.00 bits per heavy atom. The van der Waals surface area contributed by atoms with Crippen molar-refractivity contribution in [1.82, 2.24) is 0 Å². The SMILES string of the molecule is O=c1oc2ccccc2c(O)c1-c1ccc(F)cc1. The number of halogens is 1. The maximum absolute atomic E-state index is 12.9. The average Bonchev–Trinajstić information content (AvgIpc) is 2.41. The lowest BCUT2D eigenvalue weighted by molar-refractivity contribution is 0.471. The van der Waals surface area contributed by atoms with Gasteiger partial charge in [-0.15, -0.1) is 0 Å². The van der Waals surface area contributed by atoms with Gasteiger partial charge in [0.2, 0.25) is 0 Å². The van der Waals surface area contributed by atoms with E-state index >= 15 is 0 Å². The topological polar surface area (TPSA) is 50.4 Å². The number of benzene rings is 2. The van der Waals surface area contributed by atoms with Gasteiger partial charge in [-0.1, -0.05) is 24.3 Å². The molecule has 0 amide bonds. The first-order valence-corrected chi connectivity index (χ1v) is 5.67. The molecule has 0 atom stereocenters. The first-order valence-electron chi connectivity index (χ1n) is 5.67. The summed E-state index contributed by atoms with van der Waals surface area (Å²) in [6, 6.07) is 12.0. The number of fused-ring (bicyclic) bond motifs is 1. The Kier molecular flexibility index (Phi) is 2.56. The molecule has 0 fully saturated rings. The van der Waals surface area contributed by atoms with Gasteiger partial charge in [0.1, 0.15) is 22.7 Å². The maximum atomic E-state index is 12.9. The van der Waals surface area contributed by atoms with Crippen LogP contribution in [0.5, 0.6) is 5.75 Å². The third-order valence-electron chi connectivity index (χ3n) is 2.92. The summed E-state index contributed by atoms with van der Waals surface area (Å²) in [5, 5.41) is 10.6. The van der Waals surface area contributed by atoms with Gasteiger partial charge >= 0.3 is 5.63 Å². The van der Waals surface area contributed by atoms with Gasteiger partial charge in [-0.05, 0) is 29.8 Å². The summed E-state index contributed by atoms with van der Waals surface area (Å²) in [4.78, 5) is 11.9. The average molecular weight is 256 g/mol. The van der Waals surface area contributed by atoms with Gasteiger partial charge in [0.15, 0.2) is 0 Å². The van der Waals surface area contributed by atoms with Gasteiger partial charge < -0.3 is 9.52 Å². The third-order valence-corrected chi connectivity index (χ3v) is 2.92. The van der Waals surface area contributed by atoms with Crippen LogP contribution in [0, 0.1) is 5.82 Å². The van der Waals surface area contributed by atoms with E-state index in [0.29, 0.717) is 16.5 Å². The summed E-state index contributed by atoms with van der Waals surface area (Å²) in [7, 11) is 0. The monoisotopic (exact) mass is 256 g/mol. The van der Waals surface area contributed by atoms with Crippen molar-refractivity contribution in [2.45, 2.75) is 0 Å². The molecule has 0 saturated carbocycles. The molecule has 0 spiro atoms. The van der Waals surface area contributed by atoms with E-state index in [4.69, 9.17) is 4.42 Å². The predicted octanol–water partition coefficient (Wildman–Crippen LogP) is 3.30. The van der Waals surface area contributed by atoms with Crippen molar-refractivity contribution in [1.29, 1.82) is 0 Å². The van der Waals surface area contributed by atoms with Crippen molar-refractivity contribution in [3.8, 4) is 16.9 Å². The van der Waals surface area contributed by atoms with Gasteiger partial charge in [-0.3, -0.25) is 0 Å². The first-order chi connectivity index (χ1) is 9.16. The fraction of sp³-hybridized carbons (Fsp3) is 0. The molecule has 3 rings (SSSR count). The summed E-state index contributed by atoms with van der Waals surface area (Å²) in [6.45, 7) is 0. The molecule has 2 aromatic carbocycles. The molecular weight excluding hydrogens is 247 g/mol. The lowest BCUT2D eigenvalue weighted by Gasteiger charge is -2.06. The van der Waals surface area contributed by atoms with Crippen LogP contribution >= 0.6 is 0 Å². The normalized spacial score (nSPS) is 10.8. The second-order valence-corrected chi connectivity index (χ2v) is 4.12. The molecule has 3 nitrogen and oxygen atoms in total. The van der Waals surface area contributed by atoms with Crippen LogP contribution < -0.4 is 5.63 Å². The Labute approximate surface area is 107 Å². The highest BCUT2D eigenvalue weighted by Crippen LogP contribution is 2.32. The molecule has 0 saturated heterocycles. The van der Waals surface area contributed by atoms with E-state index in [0.717, 1.165) is 0 Å². The van der Waals surface area contributed by atoms with E-state index in [1.807, 2.05) is 0 Å². The number of para-hydroxylation sites is 1. The molecule has 0 radical (unpaired) electrons. The van der Waals surface area contributed by atoms with Gasteiger partial charge in [0.05, 0.1) is 5.39 Å². The van der Waals surface area contributed by atoms with Gasteiger partial charge in [-0.2, -0.15) is 0 Å². The summed E-state index contributed by atoms with van der Waals surface area (Å²) in [5.41, 5.74) is 0.121. The van der Waals surface area contributed by atoms with E-state index in [1.165, 1.54) is 24.3 Å². The zero-order valence-electron chi connectivity index (χ0n) is 9.76. The molecule has 19 heavy (non-hydrogen) atoms. The summed E-state index contributed by atoms with van der Waals surface area (Å²) >= 11 is 0. The number of rotatable bonds is 1. The van der Waals surface area contributed by atoms with E-state index < -0.39 is 11.4 Å². The quantitative estimate of drug-likeness (QED) is 0.679. The van der Waals surface area contributed by atoms with Crippen LogP contribution in [-0.2, 0) is 0 Å². The van der Waals surface area contributed by atoms with E-state index in [-0.39, 0.29) is 11.3 Å². The number of aromatic hydroxyl groups is 1. The van der Waals surface area contributed by atoms with Crippen LogP contribution in [0.25, 0.3) is 22.1 Å². The minimum absolute atomic E-state index is 0.0405. The Balaban J connectivity index is 2.35. The molecule has 0 aliphatic heterocycles. The van der Waals surface area contributed by atoms with Crippen molar-refractivity contribution in [3.05, 3.63) is 64.8 Å². The first kappa shape index (κ1) is 11.5. The Bertz CT molecular complexity index is 804. The molecule has 0 unspecified atom stereocenters. The van der Waals surface area contributed by atoms with Crippen molar-refractivity contribution in [2.24, 2.45) is 0 Å². The molecule has 94 valence electrons. The van der Waals surface area contributed by atoms with E-state index in [1.54, 1.807) is 24.3 Å². The van der Waals surface area contributed by atoms with Crippen LogP contribution in [0.15, 0.2) is 57.7 Å². The van der Waals surface area contributed by atoms with E-state index in [9.17, 15) is 14.3 Å². The van der Waals surface area contributed by atoms with Gasteiger partial charge in [0.25, 0.3) is 0 Å². The van der Waals surface area contributed by atoms with Gasteiger partial charge in [0, 0.05) is 0 Å². The lowest BCUT2D eigenvalue weighted by Crippen LogP contribution is -2.03. The number of hydrogen-bond acceptors (Lipinski definition) is 3. The molecule has 1 N–H and O–H groups in total. The third kappa shape index (κ3) is 1.87. The maximum Gasteiger partial charge on any atom is 0.347 e. The van der Waals surface area contributed by atoms with Crippen LogP contribution in [-0.4, -0.2) is 5.11 Å². The molecule has 4 heteroatoms. The molecule has 0 aliphatic carbocycles. The minimum Gasteiger partial charge on any atom is -0.506 e. The molecule has 1 aromatic heterocycles. The summed E-state index contributed by atoms with van der Waals surface area (Å²) in [5.74, 6) is -0.563. The minimum atomic E-state index is -0.650. The van der Waals surface area contributed by atoms with Gasteiger partial charge in [-0.25, -0.2) is 9.18 Å². The highest BCUT2D eigenvalue weighted by Gasteiger charge is 2.15. The molecule has 0 aliphatic rings. The van der Waals surface area contributed by atoms with Crippen LogP contribution in [0.4, 0.5) is 4.39 Å². The molecule has 1 heterocycles. The van der Waals surface area contributed by atoms with Crippen LogP contribution in [0.3, 0.4) is 0 Å². The predicted molar refractivity (Wildman–Crippen MR) is 69.5 cm³/mol. The van der Waals surface area contributed by atoms with Crippen molar-refractivity contribution >= 4 is 11.0 Å². The fourth-order valence-electron chi connectivity index (χ4n) is 2.00. The highest BCUT2D eigenvalue weighted by molar-refractivity contribution is 5.90. The zero-order chi connectivity index (χ0) is 13.4. The Morgan fingerprint density at radius 3 is 2.42 bits per heavy atom. The van der Waals surface area contributed by atoms with Crippen molar-refractivity contribution in [3.63, 3.8) is 0 Å². The second-order valence-electron chi connectivity index (χ2n) is 4.12. The smallest absolute Gasteiger partial charge is 0.347 e. The zero-order valence-corrected chi connectivity index (χ0v) is 9.76. The van der Waals surface area contributed by atoms with E-state index in [2.05, 4.69) is 0 Å². The highest BCUT2D eigenvalue weighted by atomic mass is 19.1. The van der Waals surface area contributed by atoms with Crippen LogP contribution in [0.2, 0.25) is 0 Å². The van der Waals surface area contributed by atoms with Crippen molar-refractivity contribution in [2.75, 3.05) is 0 Å². The largest absolute Gasteiger partial charge is 0.506 e. The standard InChI is InChI=1S/C15H9FO3/c16-10-7-5-9(6-8-10)13-14(17)11-3-1-2-4-12(11)19-15(13)18/h1-8,17H. The Morgan fingerprint density at radius 2 is 1.68 bits per heavy atom. The molecule has 0 bridgehead atoms. The molecular formula is C15H9FO3. The van der Waals surface area contributed by atoms with Crippen LogP contribution in [0.1, 0.15) is 0 Å². The fourth-order valence-corrected chi connectivity index (χ4v) is 2.00. The summed E-state index contributed by atoms with van der Waals surface area (Å²) in [6.07, 6.45) is 0. The number of hydrogen-bond donors (Lipinski definition) is 1. The lowest BCUT2D eigenvalue weighted by atomic mass is 10.0. The summed E-state index contributed by atoms with van der Waals surface area (Å²) < 4.78 is 18.0. The van der Waals surface area contributed by atoms with Crippen molar-refractivity contribution < 1.29 is 13.9 Å². The molecule has 3 aromatic rings.